The summed E-state index contributed by atoms with van der Waals surface area (Å²) in [5.74, 6) is 4.73. The third-order valence-electron chi connectivity index (χ3n) is 5.03. The quantitative estimate of drug-likeness (QED) is 0.0723. The van der Waals surface area contributed by atoms with Gasteiger partial charge in [0.05, 0.1) is 58.1 Å². The van der Waals surface area contributed by atoms with Gasteiger partial charge >= 0.3 is 51.4 Å². The van der Waals surface area contributed by atoms with Crippen LogP contribution in [0.3, 0.4) is 0 Å². The van der Waals surface area contributed by atoms with Crippen molar-refractivity contribution in [2.45, 2.75) is 25.7 Å². The van der Waals surface area contributed by atoms with Crippen molar-refractivity contribution in [2.24, 2.45) is 0 Å². The Morgan fingerprint density at radius 3 is 2.05 bits per heavy atom. The molecule has 1 aliphatic carbocycles. The maximum Gasteiger partial charge on any atom is 1.00 e. The molecule has 13 heteroatoms. The van der Waals surface area contributed by atoms with Crippen molar-refractivity contribution in [1.29, 1.82) is 0 Å². The molecule has 0 saturated carbocycles. The van der Waals surface area contributed by atoms with Crippen LogP contribution in [0.2, 0.25) is 0 Å². The van der Waals surface area contributed by atoms with Crippen LogP contribution in [0.15, 0.2) is 30.3 Å². The van der Waals surface area contributed by atoms with E-state index in [9.17, 15) is 0 Å². The van der Waals surface area contributed by atoms with Gasteiger partial charge in [-0.25, -0.2) is 0 Å². The van der Waals surface area contributed by atoms with Gasteiger partial charge in [0.15, 0.2) is 0 Å². The molecule has 4 rings (SSSR count). The molecule has 0 bridgehead atoms. The second-order valence-electron chi connectivity index (χ2n) is 8.53. The van der Waals surface area contributed by atoms with Crippen molar-refractivity contribution < 1.29 is 103 Å². The Kier molecular flexibility index (Phi) is 50.6. The first-order valence-electron chi connectivity index (χ1n) is 14.0. The maximum atomic E-state index is 8.49. The van der Waals surface area contributed by atoms with Crippen molar-refractivity contribution in [1.82, 2.24) is 4.90 Å². The van der Waals surface area contributed by atoms with Gasteiger partial charge in [0.1, 0.15) is 26.9 Å². The molecule has 0 spiro atoms. The monoisotopic (exact) mass is 751 g/mol. The van der Waals surface area contributed by atoms with Crippen molar-refractivity contribution in [3.05, 3.63) is 41.5 Å². The van der Waals surface area contributed by atoms with Crippen LogP contribution < -0.4 is 69.5 Å². The average molecular weight is 754 g/mol. The van der Waals surface area contributed by atoms with E-state index in [4.69, 9.17) is 41.6 Å². The molecule has 2 heterocycles. The van der Waals surface area contributed by atoms with Crippen molar-refractivity contribution >= 4 is 34.4 Å². The van der Waals surface area contributed by atoms with Gasteiger partial charge in [-0.2, -0.15) is 0 Å². The summed E-state index contributed by atoms with van der Waals surface area (Å²) in [6.07, 6.45) is 18.4. The molecule has 248 valence electrons. The number of allylic oxidation sites excluding steroid dienone is 1. The SMILES string of the molecule is C#CCBr.C#CCOCCOCCOCCC[NH3+].C1=Cc2ccccc2CC1.C1CO1.Cl.OCCCN1COCOC1.[Cl-].[K+]. The third kappa shape index (κ3) is 38.6. The fourth-order valence-electron chi connectivity index (χ4n) is 3.00. The Morgan fingerprint density at radius 2 is 1.52 bits per heavy atom. The van der Waals surface area contributed by atoms with Crippen LogP contribution in [0.5, 0.6) is 0 Å². The van der Waals surface area contributed by atoms with E-state index in [1.165, 1.54) is 24.0 Å². The number of nitrogens with zero attached hydrogens (tertiary/aromatic N) is 1. The van der Waals surface area contributed by atoms with Crippen LogP contribution in [0.25, 0.3) is 6.08 Å². The van der Waals surface area contributed by atoms with Crippen LogP contribution in [0.4, 0.5) is 0 Å². The van der Waals surface area contributed by atoms with E-state index in [1.807, 2.05) is 4.90 Å². The number of fused-ring (bicyclic) bond motifs is 1. The van der Waals surface area contributed by atoms with Crippen molar-refractivity contribution in [2.75, 3.05) is 98.1 Å². The predicted molar refractivity (Wildman–Crippen MR) is 173 cm³/mol. The first-order valence-corrected chi connectivity index (χ1v) is 15.1. The number of ether oxygens (including phenoxy) is 6. The van der Waals surface area contributed by atoms with Gasteiger partial charge in [-0.3, -0.25) is 4.90 Å². The van der Waals surface area contributed by atoms with E-state index < -0.39 is 0 Å². The van der Waals surface area contributed by atoms with Gasteiger partial charge in [0, 0.05) is 19.6 Å². The number of aryl methyl sites for hydroxylation is 1. The first kappa shape index (κ1) is 51.3. The minimum absolute atomic E-state index is 0. The summed E-state index contributed by atoms with van der Waals surface area (Å²) in [6.45, 7) is 9.11. The summed E-state index contributed by atoms with van der Waals surface area (Å²) in [5.41, 5.74) is 6.61. The smallest absolute Gasteiger partial charge is 1.00 e. The number of hydrogen-bond donors (Lipinski definition) is 2. The Labute approximate surface area is 329 Å². The second-order valence-corrected chi connectivity index (χ2v) is 9.10. The van der Waals surface area contributed by atoms with Crippen LogP contribution in [-0.4, -0.2) is 108 Å². The zero-order valence-corrected chi connectivity index (χ0v) is 32.6. The maximum absolute atomic E-state index is 8.49. The van der Waals surface area contributed by atoms with E-state index in [0.29, 0.717) is 58.6 Å². The summed E-state index contributed by atoms with van der Waals surface area (Å²) in [4.78, 5) is 2.00. The molecule has 1 aromatic rings. The van der Waals surface area contributed by atoms with Gasteiger partial charge in [0.25, 0.3) is 0 Å². The molecule has 0 atom stereocenters. The number of epoxide rings is 1. The molecule has 0 unspecified atom stereocenters. The molecule has 2 saturated heterocycles. The average Bonchev–Trinajstić information content (AvgIpc) is 3.93. The zero-order chi connectivity index (χ0) is 30.1. The van der Waals surface area contributed by atoms with Crippen LogP contribution in [0.1, 0.15) is 30.4 Å². The van der Waals surface area contributed by atoms with Crippen LogP contribution >= 0.6 is 28.3 Å². The predicted octanol–water partition coefficient (Wildman–Crippen LogP) is -3.00. The van der Waals surface area contributed by atoms with E-state index >= 15 is 0 Å². The van der Waals surface area contributed by atoms with Gasteiger partial charge in [-0.15, -0.1) is 25.3 Å². The Balaban J connectivity index is -0.000000240. The molecule has 1 aromatic carbocycles. The minimum atomic E-state index is 0. The number of aliphatic hydroxyl groups is 1. The van der Waals surface area contributed by atoms with Gasteiger partial charge in [0.2, 0.25) is 0 Å². The molecule has 0 aromatic heterocycles. The molecular formula is C31H51BrCl2KN2O7+. The normalized spacial score (nSPS) is 13.5. The number of terminal acetylenes is 2. The molecule has 4 N–H and O–H groups in total. The van der Waals surface area contributed by atoms with Crippen molar-refractivity contribution in [3.8, 4) is 24.7 Å². The molecule has 44 heavy (non-hydrogen) atoms. The van der Waals surface area contributed by atoms with Crippen LogP contribution in [0, 0.1) is 24.7 Å². The number of benzene rings is 1. The van der Waals surface area contributed by atoms with E-state index in [0.717, 1.165) is 45.8 Å². The number of alkyl halides is 1. The van der Waals surface area contributed by atoms with E-state index in [2.05, 4.69) is 74.7 Å². The Morgan fingerprint density at radius 1 is 0.932 bits per heavy atom. The molecule has 9 nitrogen and oxygen atoms in total. The first-order chi connectivity index (χ1) is 20.2. The summed E-state index contributed by atoms with van der Waals surface area (Å²) in [6, 6.07) is 8.58. The van der Waals surface area contributed by atoms with E-state index in [1.54, 1.807) is 0 Å². The summed E-state index contributed by atoms with van der Waals surface area (Å²) in [5, 5.41) is 9.15. The van der Waals surface area contributed by atoms with Gasteiger partial charge < -0.3 is 51.7 Å². The number of hydrogen-bond acceptors (Lipinski definition) is 8. The molecule has 0 radical (unpaired) electrons. The minimum Gasteiger partial charge on any atom is -1.00 e. The number of aliphatic hydroxyl groups excluding tert-OH is 1. The zero-order valence-electron chi connectivity index (χ0n) is 26.3. The molecule has 3 aliphatic rings. The Hall–Kier alpha value is 0.416. The third-order valence-corrected chi connectivity index (χ3v) is 5.35. The molecular weight excluding hydrogens is 702 g/mol. The Bertz CT molecular complexity index is 822. The molecule has 2 aliphatic heterocycles. The standard InChI is InChI=1S/C10H19NO3.C10H10.C6H13NO3.C3H3Br.C2H4O.2ClH.K/c1-2-5-12-7-9-14-10-8-13-6-3-4-11;1-2-6-10-8-4-3-7-9(10)5-1;8-3-1-2-7-4-9-6-10-5-7;1-2-3-4;1-2-3-1;;;/h1H,3-11H2;1-3,5-7H,4,8H2;8H,1-6H2;1H,3H2;1-2H2;2*1H;/q;;;;;;;+1. The largest absolute Gasteiger partial charge is 1.00 e. The summed E-state index contributed by atoms with van der Waals surface area (Å²) in [7, 11) is 0. The fourth-order valence-corrected chi connectivity index (χ4v) is 3.00. The molecule has 2 fully saturated rings. The number of rotatable bonds is 13. The van der Waals surface area contributed by atoms with Gasteiger partial charge in [-0.05, 0) is 30.4 Å². The summed E-state index contributed by atoms with van der Waals surface area (Å²) >= 11 is 3.01. The number of halogens is 3. The second kappa shape index (κ2) is 43.4. The fraction of sp³-hybridized carbons (Fsp3) is 0.613. The topological polar surface area (TPSA) is 110 Å². The van der Waals surface area contributed by atoms with Crippen molar-refractivity contribution in [3.63, 3.8) is 0 Å². The molecule has 0 amide bonds. The summed E-state index contributed by atoms with van der Waals surface area (Å²) < 4.78 is 30.0. The van der Waals surface area contributed by atoms with Crippen LogP contribution in [-0.2, 0) is 34.8 Å². The van der Waals surface area contributed by atoms with E-state index in [-0.39, 0.29) is 82.8 Å². The van der Waals surface area contributed by atoms with Gasteiger partial charge in [-0.1, -0.05) is 64.2 Å². The number of quaternary nitrogens is 1.